The molecule has 2 atom stereocenters. The van der Waals surface area contributed by atoms with E-state index < -0.39 is 15.9 Å². The van der Waals surface area contributed by atoms with Crippen molar-refractivity contribution in [3.05, 3.63) is 29.8 Å². The van der Waals surface area contributed by atoms with Gasteiger partial charge in [-0.05, 0) is 24.1 Å². The summed E-state index contributed by atoms with van der Waals surface area (Å²) in [4.78, 5) is 27.6. The van der Waals surface area contributed by atoms with Crippen molar-refractivity contribution in [2.24, 2.45) is 5.92 Å². The molecule has 1 N–H and O–H groups in total. The molecule has 0 spiro atoms. The van der Waals surface area contributed by atoms with Gasteiger partial charge in [0.25, 0.3) is 0 Å². The van der Waals surface area contributed by atoms with E-state index in [2.05, 4.69) is 12.2 Å². The SMILES string of the molecule is CCCCN1C(=O)CC(C(=O)NCCS(=O)(=O)N2CCOCC2)C1c1ccc(OC)cc1. The van der Waals surface area contributed by atoms with Crippen LogP contribution in [0.15, 0.2) is 24.3 Å². The maximum absolute atomic E-state index is 13.0. The molecule has 10 heteroatoms. The smallest absolute Gasteiger partial charge is 0.226 e. The molecule has 178 valence electrons. The van der Waals surface area contributed by atoms with Gasteiger partial charge in [0.1, 0.15) is 5.75 Å². The summed E-state index contributed by atoms with van der Waals surface area (Å²) >= 11 is 0. The van der Waals surface area contributed by atoms with Crippen LogP contribution in [0.25, 0.3) is 0 Å². The number of nitrogens with one attached hydrogen (secondary N) is 1. The Morgan fingerprint density at radius 1 is 1.22 bits per heavy atom. The monoisotopic (exact) mass is 467 g/mol. The van der Waals surface area contributed by atoms with Crippen molar-refractivity contribution in [1.29, 1.82) is 0 Å². The first-order valence-corrected chi connectivity index (χ1v) is 12.7. The Bertz CT molecular complexity index is 883. The van der Waals surface area contributed by atoms with Crippen LogP contribution in [0.4, 0.5) is 0 Å². The molecule has 32 heavy (non-hydrogen) atoms. The Balaban J connectivity index is 1.68. The van der Waals surface area contributed by atoms with Crippen LogP contribution in [-0.2, 0) is 24.3 Å². The summed E-state index contributed by atoms with van der Waals surface area (Å²) < 4.78 is 36.8. The van der Waals surface area contributed by atoms with Gasteiger partial charge in [0.2, 0.25) is 21.8 Å². The summed E-state index contributed by atoms with van der Waals surface area (Å²) in [5.41, 5.74) is 0.869. The van der Waals surface area contributed by atoms with E-state index in [4.69, 9.17) is 9.47 Å². The first-order valence-electron chi connectivity index (χ1n) is 11.1. The van der Waals surface area contributed by atoms with Crippen LogP contribution in [0.5, 0.6) is 5.75 Å². The van der Waals surface area contributed by atoms with Gasteiger partial charge in [0.05, 0.1) is 38.0 Å². The van der Waals surface area contributed by atoms with Gasteiger partial charge in [0, 0.05) is 32.6 Å². The van der Waals surface area contributed by atoms with Gasteiger partial charge >= 0.3 is 0 Å². The lowest BCUT2D eigenvalue weighted by molar-refractivity contribution is -0.129. The van der Waals surface area contributed by atoms with Crippen molar-refractivity contribution < 1.29 is 27.5 Å². The molecule has 2 fully saturated rings. The molecule has 3 rings (SSSR count). The highest BCUT2D eigenvalue weighted by Crippen LogP contribution is 2.39. The topological polar surface area (TPSA) is 105 Å². The molecule has 0 aliphatic carbocycles. The molecule has 1 aromatic rings. The molecule has 2 aliphatic heterocycles. The first-order chi connectivity index (χ1) is 15.4. The van der Waals surface area contributed by atoms with E-state index in [1.807, 2.05) is 24.3 Å². The minimum absolute atomic E-state index is 0.00745. The number of carbonyl (C=O) groups is 2. The second kappa shape index (κ2) is 11.1. The lowest BCUT2D eigenvalue weighted by Gasteiger charge is -2.29. The van der Waals surface area contributed by atoms with E-state index in [1.54, 1.807) is 12.0 Å². The zero-order valence-electron chi connectivity index (χ0n) is 18.8. The number of sulfonamides is 1. The third kappa shape index (κ3) is 5.79. The highest BCUT2D eigenvalue weighted by molar-refractivity contribution is 7.89. The molecular weight excluding hydrogens is 434 g/mol. The predicted octanol–water partition coefficient (Wildman–Crippen LogP) is 1.16. The van der Waals surface area contributed by atoms with Crippen molar-refractivity contribution in [3.63, 3.8) is 0 Å². The van der Waals surface area contributed by atoms with E-state index >= 15 is 0 Å². The fourth-order valence-corrected chi connectivity index (χ4v) is 5.54. The maximum Gasteiger partial charge on any atom is 0.226 e. The molecule has 2 aliphatic rings. The predicted molar refractivity (Wildman–Crippen MR) is 120 cm³/mol. The molecule has 0 bridgehead atoms. The van der Waals surface area contributed by atoms with E-state index in [1.165, 1.54) is 4.31 Å². The number of hydrogen-bond donors (Lipinski definition) is 1. The second-order valence-electron chi connectivity index (χ2n) is 8.09. The first kappa shape index (κ1) is 24.5. The Morgan fingerprint density at radius 3 is 2.53 bits per heavy atom. The standard InChI is InChI=1S/C22H33N3O6S/c1-3-4-10-25-20(26)16-19(21(25)17-5-7-18(30-2)8-6-17)22(27)23-9-15-32(28,29)24-11-13-31-14-12-24/h5-8,19,21H,3-4,9-16H2,1-2H3,(H,23,27). The summed E-state index contributed by atoms with van der Waals surface area (Å²) in [5, 5.41) is 2.76. The lowest BCUT2D eigenvalue weighted by atomic mass is 9.92. The number of likely N-dealkylation sites (tertiary alicyclic amines) is 1. The molecule has 9 nitrogen and oxygen atoms in total. The van der Waals surface area contributed by atoms with Crippen molar-refractivity contribution in [1.82, 2.24) is 14.5 Å². The van der Waals surface area contributed by atoms with Gasteiger partial charge in [0.15, 0.2) is 0 Å². The van der Waals surface area contributed by atoms with Crippen LogP contribution in [0.1, 0.15) is 37.8 Å². The fourth-order valence-electron chi connectivity index (χ4n) is 4.22. The second-order valence-corrected chi connectivity index (χ2v) is 10.2. The number of hydrogen-bond acceptors (Lipinski definition) is 6. The molecule has 2 saturated heterocycles. The van der Waals surface area contributed by atoms with Gasteiger partial charge in [-0.2, -0.15) is 4.31 Å². The van der Waals surface area contributed by atoms with Crippen LogP contribution < -0.4 is 10.1 Å². The molecule has 0 aromatic heterocycles. The normalized spacial score (nSPS) is 22.2. The van der Waals surface area contributed by atoms with Gasteiger partial charge in [-0.25, -0.2) is 8.42 Å². The zero-order chi connectivity index (χ0) is 23.1. The minimum Gasteiger partial charge on any atom is -0.497 e. The number of morpholine rings is 1. The largest absolute Gasteiger partial charge is 0.497 e. The third-order valence-corrected chi connectivity index (χ3v) is 7.87. The number of amides is 2. The summed E-state index contributed by atoms with van der Waals surface area (Å²) in [6, 6.07) is 7.02. The Morgan fingerprint density at radius 2 is 1.91 bits per heavy atom. The maximum atomic E-state index is 13.0. The van der Waals surface area contributed by atoms with Gasteiger partial charge in [-0.1, -0.05) is 25.5 Å². The summed E-state index contributed by atoms with van der Waals surface area (Å²) in [5.74, 6) is -0.395. The average molecular weight is 468 g/mol. The Kier molecular flexibility index (Phi) is 8.50. The molecule has 1 aromatic carbocycles. The fraction of sp³-hybridized carbons (Fsp3) is 0.636. The number of methoxy groups -OCH3 is 1. The van der Waals surface area contributed by atoms with E-state index in [9.17, 15) is 18.0 Å². The minimum atomic E-state index is -3.46. The number of carbonyl (C=O) groups excluding carboxylic acids is 2. The number of ether oxygens (including phenoxy) is 2. The number of benzene rings is 1. The number of rotatable bonds is 10. The van der Waals surface area contributed by atoms with Crippen LogP contribution >= 0.6 is 0 Å². The van der Waals surface area contributed by atoms with Crippen LogP contribution in [-0.4, -0.2) is 81.7 Å². The summed E-state index contributed by atoms with van der Waals surface area (Å²) in [6.07, 6.45) is 1.91. The summed E-state index contributed by atoms with van der Waals surface area (Å²) in [7, 11) is -1.88. The van der Waals surface area contributed by atoms with Crippen LogP contribution in [0.3, 0.4) is 0 Å². The van der Waals surface area contributed by atoms with E-state index in [-0.39, 0.29) is 36.6 Å². The van der Waals surface area contributed by atoms with Gasteiger partial charge in [-0.15, -0.1) is 0 Å². The van der Waals surface area contributed by atoms with Crippen LogP contribution in [0, 0.1) is 5.92 Å². The van der Waals surface area contributed by atoms with Crippen molar-refractivity contribution >= 4 is 21.8 Å². The lowest BCUT2D eigenvalue weighted by Crippen LogP contribution is -2.44. The van der Waals surface area contributed by atoms with E-state index in [0.29, 0.717) is 38.6 Å². The quantitative estimate of drug-likeness (QED) is 0.554. The average Bonchev–Trinajstić information content (AvgIpc) is 3.14. The molecule has 2 unspecified atom stereocenters. The van der Waals surface area contributed by atoms with E-state index in [0.717, 1.165) is 18.4 Å². The third-order valence-electron chi connectivity index (χ3n) is 6.00. The highest BCUT2D eigenvalue weighted by atomic mass is 32.2. The van der Waals surface area contributed by atoms with Gasteiger partial charge in [-0.3, -0.25) is 9.59 Å². The van der Waals surface area contributed by atoms with Crippen molar-refractivity contribution in [2.45, 2.75) is 32.2 Å². The van der Waals surface area contributed by atoms with Crippen LogP contribution in [0.2, 0.25) is 0 Å². The zero-order valence-corrected chi connectivity index (χ0v) is 19.6. The molecule has 2 heterocycles. The highest BCUT2D eigenvalue weighted by Gasteiger charge is 2.44. The number of unbranched alkanes of at least 4 members (excludes halogenated alkanes) is 1. The Labute approximate surface area is 190 Å². The number of nitrogens with zero attached hydrogens (tertiary/aromatic N) is 2. The summed E-state index contributed by atoms with van der Waals surface area (Å²) in [6.45, 7) is 4.08. The molecule has 2 amide bonds. The molecular formula is C22H33N3O6S. The van der Waals surface area contributed by atoms with Gasteiger partial charge < -0.3 is 19.7 Å². The Hall–Kier alpha value is -2.17. The molecule has 0 saturated carbocycles. The molecule has 0 radical (unpaired) electrons. The van der Waals surface area contributed by atoms with Crippen molar-refractivity contribution in [3.8, 4) is 5.75 Å². The van der Waals surface area contributed by atoms with Crippen molar-refractivity contribution in [2.75, 3.05) is 52.3 Å².